The molecule has 2 aliphatic rings. The summed E-state index contributed by atoms with van der Waals surface area (Å²) in [5.41, 5.74) is 0.692. The van der Waals surface area contributed by atoms with Crippen molar-refractivity contribution >= 4 is 18.2 Å². The van der Waals surface area contributed by atoms with E-state index in [-0.39, 0.29) is 18.5 Å². The van der Waals surface area contributed by atoms with Gasteiger partial charge in [-0.2, -0.15) is 4.80 Å². The quantitative estimate of drug-likeness (QED) is 0.729. The molecule has 0 aliphatic carbocycles. The minimum Gasteiger partial charge on any atom is -0.483 e. The molecule has 2 fully saturated rings. The number of likely N-dealkylation sites (tertiary alicyclic amines) is 1. The Morgan fingerprint density at radius 1 is 1.28 bits per heavy atom. The van der Waals surface area contributed by atoms with E-state index in [9.17, 15) is 4.79 Å². The van der Waals surface area contributed by atoms with Crippen LogP contribution in [0.4, 0.5) is 5.82 Å². The van der Waals surface area contributed by atoms with Gasteiger partial charge in [-0.05, 0) is 36.6 Å². The van der Waals surface area contributed by atoms with Gasteiger partial charge in [0.1, 0.15) is 11.9 Å². The summed E-state index contributed by atoms with van der Waals surface area (Å²) < 4.78 is 5.78. The number of carbonyl (C=O) groups is 2. The number of anilines is 1. The van der Waals surface area contributed by atoms with Crippen LogP contribution in [0.1, 0.15) is 41.5 Å². The van der Waals surface area contributed by atoms with Crippen LogP contribution in [-0.2, 0) is 16.6 Å². The van der Waals surface area contributed by atoms with Crippen LogP contribution in [0.5, 0.6) is 0 Å². The van der Waals surface area contributed by atoms with Crippen molar-refractivity contribution in [3.05, 3.63) is 29.7 Å². The summed E-state index contributed by atoms with van der Waals surface area (Å²) in [5, 5.41) is 19.0. The summed E-state index contributed by atoms with van der Waals surface area (Å²) in [6.07, 6.45) is 4.83. The number of hydrogen-bond acceptors (Lipinski definition) is 8. The molecule has 0 spiro atoms. The highest BCUT2D eigenvalue weighted by molar-refractivity contribution is 5.94. The van der Waals surface area contributed by atoms with E-state index in [0.29, 0.717) is 31.1 Å². The molecule has 4 rings (SSSR count). The van der Waals surface area contributed by atoms with Crippen LogP contribution in [0, 0.1) is 0 Å². The molecule has 2 aromatic heterocycles. The van der Waals surface area contributed by atoms with Gasteiger partial charge in [-0.15, -0.1) is 10.2 Å². The number of piperidine rings is 1. The van der Waals surface area contributed by atoms with Gasteiger partial charge in [0, 0.05) is 31.4 Å². The molecule has 0 aromatic carbocycles. The summed E-state index contributed by atoms with van der Waals surface area (Å²) in [4.78, 5) is 31.0. The zero-order chi connectivity index (χ0) is 20.6. The summed E-state index contributed by atoms with van der Waals surface area (Å²) in [5.74, 6) is 1.44. The van der Waals surface area contributed by atoms with Crippen LogP contribution in [0.2, 0.25) is 0 Å². The van der Waals surface area contributed by atoms with E-state index in [2.05, 4.69) is 25.3 Å². The maximum atomic E-state index is 12.7. The van der Waals surface area contributed by atoms with Crippen molar-refractivity contribution in [2.24, 2.45) is 7.05 Å². The Morgan fingerprint density at radius 3 is 2.72 bits per heavy atom. The average Bonchev–Trinajstić information content (AvgIpc) is 3.21. The van der Waals surface area contributed by atoms with Crippen molar-refractivity contribution in [2.45, 2.75) is 25.4 Å². The van der Waals surface area contributed by atoms with Gasteiger partial charge in [-0.3, -0.25) is 9.59 Å². The van der Waals surface area contributed by atoms with Crippen LogP contribution in [0.25, 0.3) is 0 Å². The molecule has 1 N–H and O–H groups in total. The standard InChI is InChI=1S/C17H23N7O2.CH2O2/c1-22-20-16(19-21-22)14-12-24(9-10-26-14)15-11-13(5-6-18-15)17(25)23-7-3-2-4-8-23;2-1-3/h5-6,11,14H,2-4,7-10,12H2,1H3;1H,(H,2,3). The van der Waals surface area contributed by atoms with Crippen LogP contribution in [0.3, 0.4) is 0 Å². The maximum Gasteiger partial charge on any atom is 0.290 e. The Balaban J connectivity index is 0.000000755. The molecule has 0 radical (unpaired) electrons. The molecule has 1 atom stereocenters. The van der Waals surface area contributed by atoms with E-state index in [0.717, 1.165) is 31.7 Å². The van der Waals surface area contributed by atoms with E-state index in [4.69, 9.17) is 14.6 Å². The topological polar surface area (TPSA) is 127 Å². The summed E-state index contributed by atoms with van der Waals surface area (Å²) in [7, 11) is 1.73. The first-order valence-electron chi connectivity index (χ1n) is 9.56. The number of ether oxygens (including phenoxy) is 1. The highest BCUT2D eigenvalue weighted by Crippen LogP contribution is 2.24. The van der Waals surface area contributed by atoms with E-state index in [1.165, 1.54) is 11.2 Å². The van der Waals surface area contributed by atoms with Gasteiger partial charge in [-0.1, -0.05) is 0 Å². The number of tetrazole rings is 1. The third-order valence-electron chi connectivity index (χ3n) is 4.84. The van der Waals surface area contributed by atoms with Crippen molar-refractivity contribution in [3.8, 4) is 0 Å². The van der Waals surface area contributed by atoms with Gasteiger partial charge in [0.05, 0.1) is 20.2 Å². The lowest BCUT2D eigenvalue weighted by atomic mass is 10.1. The minimum atomic E-state index is -0.250. The number of hydrogen-bond donors (Lipinski definition) is 1. The monoisotopic (exact) mass is 403 g/mol. The van der Waals surface area contributed by atoms with Crippen molar-refractivity contribution in [2.75, 3.05) is 37.7 Å². The molecule has 1 unspecified atom stereocenters. The first-order chi connectivity index (χ1) is 14.1. The molecule has 11 heteroatoms. The molecule has 0 bridgehead atoms. The molecule has 2 saturated heterocycles. The number of aryl methyl sites for hydroxylation is 1. The second kappa shape index (κ2) is 9.92. The number of rotatable bonds is 3. The fourth-order valence-corrected chi connectivity index (χ4v) is 3.45. The third kappa shape index (κ3) is 5.25. The Hall–Kier alpha value is -3.08. The maximum absolute atomic E-state index is 12.7. The van der Waals surface area contributed by atoms with E-state index in [1.54, 1.807) is 19.3 Å². The van der Waals surface area contributed by atoms with Gasteiger partial charge in [0.25, 0.3) is 12.4 Å². The van der Waals surface area contributed by atoms with Gasteiger partial charge < -0.3 is 19.6 Å². The first-order valence-corrected chi connectivity index (χ1v) is 9.56. The van der Waals surface area contributed by atoms with Gasteiger partial charge >= 0.3 is 0 Å². The molecule has 4 heterocycles. The molecular formula is C18H25N7O4. The van der Waals surface area contributed by atoms with Crippen molar-refractivity contribution < 1.29 is 19.4 Å². The zero-order valence-electron chi connectivity index (χ0n) is 16.3. The van der Waals surface area contributed by atoms with Crippen molar-refractivity contribution in [3.63, 3.8) is 0 Å². The molecule has 2 aromatic rings. The predicted molar refractivity (Wildman–Crippen MR) is 102 cm³/mol. The number of carbonyl (C=O) groups excluding carboxylic acids is 1. The van der Waals surface area contributed by atoms with Crippen LogP contribution < -0.4 is 4.90 Å². The van der Waals surface area contributed by atoms with Crippen LogP contribution in [-0.4, -0.2) is 80.4 Å². The summed E-state index contributed by atoms with van der Waals surface area (Å²) in [6, 6.07) is 3.67. The first kappa shape index (κ1) is 20.6. The van der Waals surface area contributed by atoms with Crippen molar-refractivity contribution in [1.82, 2.24) is 30.1 Å². The van der Waals surface area contributed by atoms with Gasteiger partial charge in [0.15, 0.2) is 0 Å². The number of aromatic nitrogens is 5. The van der Waals surface area contributed by atoms with E-state index in [1.807, 2.05) is 11.0 Å². The molecule has 2 aliphatic heterocycles. The zero-order valence-corrected chi connectivity index (χ0v) is 16.3. The van der Waals surface area contributed by atoms with E-state index >= 15 is 0 Å². The molecule has 29 heavy (non-hydrogen) atoms. The van der Waals surface area contributed by atoms with Gasteiger partial charge in [-0.25, -0.2) is 4.98 Å². The Labute approximate surface area is 168 Å². The Bertz CT molecular complexity index is 822. The number of amides is 1. The average molecular weight is 403 g/mol. The molecule has 11 nitrogen and oxygen atoms in total. The number of carboxylic acid groups (broad SMARTS) is 1. The summed E-state index contributed by atoms with van der Waals surface area (Å²) >= 11 is 0. The molecular weight excluding hydrogens is 378 g/mol. The molecule has 156 valence electrons. The lowest BCUT2D eigenvalue weighted by Gasteiger charge is -2.32. The Morgan fingerprint density at radius 2 is 2.03 bits per heavy atom. The number of pyridine rings is 1. The lowest BCUT2D eigenvalue weighted by molar-refractivity contribution is -0.122. The predicted octanol–water partition coefficient (Wildman–Crippen LogP) is 0.510. The smallest absolute Gasteiger partial charge is 0.290 e. The number of morpholine rings is 1. The van der Waals surface area contributed by atoms with E-state index < -0.39 is 0 Å². The van der Waals surface area contributed by atoms with Crippen molar-refractivity contribution in [1.29, 1.82) is 0 Å². The Kier molecular flexibility index (Phi) is 7.06. The second-order valence-electron chi connectivity index (χ2n) is 6.80. The van der Waals surface area contributed by atoms with Crippen LogP contribution >= 0.6 is 0 Å². The van der Waals surface area contributed by atoms with Gasteiger partial charge in [0.2, 0.25) is 5.82 Å². The minimum absolute atomic E-state index is 0.0914. The van der Waals surface area contributed by atoms with Crippen LogP contribution in [0.15, 0.2) is 18.3 Å². The fraction of sp³-hybridized carbons (Fsp3) is 0.556. The lowest BCUT2D eigenvalue weighted by Crippen LogP contribution is -2.39. The third-order valence-corrected chi connectivity index (χ3v) is 4.84. The molecule has 0 saturated carbocycles. The second-order valence-corrected chi connectivity index (χ2v) is 6.80. The SMILES string of the molecule is Cn1nnc(C2CN(c3cc(C(=O)N4CCCCC4)ccn3)CCO2)n1.O=CO. The molecule has 1 amide bonds. The highest BCUT2D eigenvalue weighted by Gasteiger charge is 2.27. The fourth-order valence-electron chi connectivity index (χ4n) is 3.45. The number of nitrogens with zero attached hydrogens (tertiary/aromatic N) is 7. The highest BCUT2D eigenvalue weighted by atomic mass is 16.5. The summed E-state index contributed by atoms with van der Waals surface area (Å²) in [6.45, 7) is 3.28. The largest absolute Gasteiger partial charge is 0.483 e. The normalized spacial score (nSPS) is 19.3.